The van der Waals surface area contributed by atoms with Crippen molar-refractivity contribution in [1.82, 2.24) is 5.43 Å². The van der Waals surface area contributed by atoms with E-state index in [9.17, 15) is 0 Å². The van der Waals surface area contributed by atoms with Crippen LogP contribution < -0.4 is 16.6 Å². The molecule has 0 atom stereocenters. The number of hydrazine groups is 1. The first-order chi connectivity index (χ1) is 10.3. The number of hydrogen-bond acceptors (Lipinski definition) is 3. The van der Waals surface area contributed by atoms with Gasteiger partial charge in [-0.3, -0.25) is 10.4 Å². The highest BCUT2D eigenvalue weighted by Crippen LogP contribution is 2.11. The van der Waals surface area contributed by atoms with E-state index in [4.69, 9.17) is 10.6 Å². The van der Waals surface area contributed by atoms with Gasteiger partial charge in [-0.05, 0) is 43.9 Å². The van der Waals surface area contributed by atoms with Crippen LogP contribution in [0.5, 0.6) is 0 Å². The predicted molar refractivity (Wildman–Crippen MR) is 89.4 cm³/mol. The molecule has 0 spiro atoms. The minimum atomic E-state index is 0.577. The molecule has 1 aromatic carbocycles. The smallest absolute Gasteiger partial charge is 0.210 e. The van der Waals surface area contributed by atoms with Gasteiger partial charge in [0.05, 0.1) is 0 Å². The Labute approximate surface area is 127 Å². The van der Waals surface area contributed by atoms with Gasteiger partial charge in [-0.1, -0.05) is 25.5 Å². The van der Waals surface area contributed by atoms with Crippen molar-refractivity contribution in [2.45, 2.75) is 39.5 Å². The molecule has 0 fully saturated rings. The van der Waals surface area contributed by atoms with Crippen LogP contribution in [0, 0.1) is 0 Å². The van der Waals surface area contributed by atoms with Crippen molar-refractivity contribution < 1.29 is 4.74 Å². The fourth-order valence-corrected chi connectivity index (χ4v) is 1.90. The number of unbranched alkanes of at least 4 members (excludes halogenated alkanes) is 1. The highest BCUT2D eigenvalue weighted by molar-refractivity contribution is 5.93. The number of anilines is 1. The van der Waals surface area contributed by atoms with Crippen molar-refractivity contribution in [3.63, 3.8) is 0 Å². The number of nitrogens with two attached hydrogens (primary N) is 1. The highest BCUT2D eigenvalue weighted by Gasteiger charge is 1.99. The normalized spacial score (nSPS) is 11.5. The van der Waals surface area contributed by atoms with Gasteiger partial charge >= 0.3 is 0 Å². The Morgan fingerprint density at radius 1 is 1.19 bits per heavy atom. The predicted octanol–water partition coefficient (Wildman–Crippen LogP) is 2.69. The molecule has 118 valence electrons. The van der Waals surface area contributed by atoms with E-state index in [1.54, 1.807) is 0 Å². The molecule has 1 aromatic rings. The number of rotatable bonds is 9. The van der Waals surface area contributed by atoms with Gasteiger partial charge in [-0.2, -0.15) is 0 Å². The Morgan fingerprint density at radius 3 is 2.57 bits per heavy atom. The Bertz CT molecular complexity index is 403. The Hall–Kier alpha value is -1.59. The molecule has 0 saturated carbocycles. The summed E-state index contributed by atoms with van der Waals surface area (Å²) in [5, 5.41) is 3.18. The zero-order valence-electron chi connectivity index (χ0n) is 13.2. The summed E-state index contributed by atoms with van der Waals surface area (Å²) in [5.41, 5.74) is 4.93. The maximum absolute atomic E-state index is 5.48. The van der Waals surface area contributed by atoms with Crippen LogP contribution in [0.2, 0.25) is 0 Å². The molecule has 0 aromatic heterocycles. The largest absolute Gasteiger partial charge is 0.382 e. The monoisotopic (exact) mass is 292 g/mol. The Balaban J connectivity index is 2.43. The average Bonchev–Trinajstić information content (AvgIpc) is 2.52. The zero-order chi connectivity index (χ0) is 15.3. The molecule has 0 bridgehead atoms. The van der Waals surface area contributed by atoms with Crippen molar-refractivity contribution in [3.05, 3.63) is 29.8 Å². The molecule has 0 radical (unpaired) electrons. The minimum absolute atomic E-state index is 0.577. The standard InChI is InChI=1S/C16H28N4O/c1-3-5-7-14-8-10-15(11-9-14)19-16(20-17)18-12-6-13-21-4-2/h8-11H,3-7,12-13,17H2,1-2H3,(H2,18,19,20). The van der Waals surface area contributed by atoms with Crippen molar-refractivity contribution >= 4 is 11.6 Å². The summed E-state index contributed by atoms with van der Waals surface area (Å²) in [4.78, 5) is 4.37. The highest BCUT2D eigenvalue weighted by atomic mass is 16.5. The summed E-state index contributed by atoms with van der Waals surface area (Å²) >= 11 is 0. The number of nitrogens with zero attached hydrogens (tertiary/aromatic N) is 1. The minimum Gasteiger partial charge on any atom is -0.382 e. The van der Waals surface area contributed by atoms with E-state index in [2.05, 4.69) is 46.9 Å². The van der Waals surface area contributed by atoms with Crippen LogP contribution in [0.1, 0.15) is 38.7 Å². The summed E-state index contributed by atoms with van der Waals surface area (Å²) in [6.07, 6.45) is 4.46. The van der Waals surface area contributed by atoms with E-state index in [0.29, 0.717) is 12.5 Å². The molecule has 5 nitrogen and oxygen atoms in total. The maximum atomic E-state index is 5.48. The molecular formula is C16H28N4O. The lowest BCUT2D eigenvalue weighted by atomic mass is 10.1. The molecule has 0 unspecified atom stereocenters. The lowest BCUT2D eigenvalue weighted by Crippen LogP contribution is -2.36. The summed E-state index contributed by atoms with van der Waals surface area (Å²) < 4.78 is 5.27. The Morgan fingerprint density at radius 2 is 1.95 bits per heavy atom. The van der Waals surface area contributed by atoms with Gasteiger partial charge in [0.15, 0.2) is 0 Å². The molecular weight excluding hydrogens is 264 g/mol. The van der Waals surface area contributed by atoms with Gasteiger partial charge in [-0.25, -0.2) is 5.84 Å². The maximum Gasteiger partial charge on any atom is 0.210 e. The average molecular weight is 292 g/mol. The van der Waals surface area contributed by atoms with Gasteiger partial charge in [-0.15, -0.1) is 0 Å². The number of ether oxygens (including phenoxy) is 1. The topological polar surface area (TPSA) is 71.7 Å². The number of benzene rings is 1. The first kappa shape index (κ1) is 17.5. The SMILES string of the molecule is CCCCc1ccc(NC(=NCCCOCC)NN)cc1. The van der Waals surface area contributed by atoms with Crippen LogP contribution in [0.15, 0.2) is 29.3 Å². The molecule has 4 N–H and O–H groups in total. The van der Waals surface area contributed by atoms with Gasteiger partial charge in [0.25, 0.3) is 0 Å². The van der Waals surface area contributed by atoms with Crippen LogP contribution in [0.4, 0.5) is 5.69 Å². The van der Waals surface area contributed by atoms with Gasteiger partial charge in [0.1, 0.15) is 0 Å². The fourth-order valence-electron chi connectivity index (χ4n) is 1.90. The van der Waals surface area contributed by atoms with Crippen molar-refractivity contribution in [1.29, 1.82) is 0 Å². The van der Waals surface area contributed by atoms with E-state index in [-0.39, 0.29) is 0 Å². The summed E-state index contributed by atoms with van der Waals surface area (Å²) in [6.45, 7) is 6.35. The second-order valence-corrected chi connectivity index (χ2v) is 4.85. The molecule has 0 saturated heterocycles. The van der Waals surface area contributed by atoms with Crippen LogP contribution in [-0.4, -0.2) is 25.7 Å². The van der Waals surface area contributed by atoms with Gasteiger partial charge in [0.2, 0.25) is 5.96 Å². The quantitative estimate of drug-likeness (QED) is 0.215. The third-order valence-electron chi connectivity index (χ3n) is 3.09. The molecule has 0 aliphatic heterocycles. The fraction of sp³-hybridized carbons (Fsp3) is 0.562. The number of nitrogens with one attached hydrogen (secondary N) is 2. The lowest BCUT2D eigenvalue weighted by Gasteiger charge is -2.10. The van der Waals surface area contributed by atoms with E-state index >= 15 is 0 Å². The lowest BCUT2D eigenvalue weighted by molar-refractivity contribution is 0.146. The van der Waals surface area contributed by atoms with E-state index in [1.807, 2.05) is 6.92 Å². The molecule has 0 heterocycles. The molecule has 1 rings (SSSR count). The van der Waals surface area contributed by atoms with Gasteiger partial charge < -0.3 is 10.1 Å². The summed E-state index contributed by atoms with van der Waals surface area (Å²) in [6, 6.07) is 8.39. The molecule has 0 aliphatic rings. The molecule has 5 heteroatoms. The second-order valence-electron chi connectivity index (χ2n) is 4.85. The van der Waals surface area contributed by atoms with E-state index in [0.717, 1.165) is 31.7 Å². The van der Waals surface area contributed by atoms with E-state index in [1.165, 1.54) is 18.4 Å². The number of guanidine groups is 1. The first-order valence-corrected chi connectivity index (χ1v) is 7.74. The van der Waals surface area contributed by atoms with Crippen molar-refractivity contribution in [2.75, 3.05) is 25.1 Å². The van der Waals surface area contributed by atoms with Crippen LogP contribution in [0.25, 0.3) is 0 Å². The van der Waals surface area contributed by atoms with Gasteiger partial charge in [0, 0.05) is 25.4 Å². The molecule has 0 aliphatic carbocycles. The summed E-state index contributed by atoms with van der Waals surface area (Å²) in [5.74, 6) is 6.06. The number of aliphatic imine (C=N–C) groups is 1. The molecule has 0 amide bonds. The van der Waals surface area contributed by atoms with Crippen molar-refractivity contribution in [2.24, 2.45) is 10.8 Å². The van der Waals surface area contributed by atoms with Crippen LogP contribution in [0.3, 0.4) is 0 Å². The van der Waals surface area contributed by atoms with Crippen LogP contribution in [-0.2, 0) is 11.2 Å². The van der Waals surface area contributed by atoms with Crippen molar-refractivity contribution in [3.8, 4) is 0 Å². The third-order valence-corrected chi connectivity index (χ3v) is 3.09. The second kappa shape index (κ2) is 11.1. The zero-order valence-corrected chi connectivity index (χ0v) is 13.2. The summed E-state index contributed by atoms with van der Waals surface area (Å²) in [7, 11) is 0. The van der Waals surface area contributed by atoms with E-state index < -0.39 is 0 Å². The third kappa shape index (κ3) is 7.68. The van der Waals surface area contributed by atoms with Crippen LogP contribution >= 0.6 is 0 Å². The number of hydrogen-bond donors (Lipinski definition) is 3. The first-order valence-electron chi connectivity index (χ1n) is 7.74. The Kier molecular flexibility index (Phi) is 9.24. The molecule has 21 heavy (non-hydrogen) atoms. The number of aryl methyl sites for hydroxylation is 1.